The third kappa shape index (κ3) is 3.37. The molecule has 0 radical (unpaired) electrons. The third-order valence-electron chi connectivity index (χ3n) is 3.26. The van der Waals surface area contributed by atoms with Crippen LogP contribution < -0.4 is 5.32 Å². The number of anilines is 1. The zero-order valence-electron chi connectivity index (χ0n) is 12.3. The summed E-state index contributed by atoms with van der Waals surface area (Å²) < 4.78 is 52.4. The Morgan fingerprint density at radius 2 is 1.88 bits per heavy atom. The number of carbonyl (C=O) groups excluding carboxylic acids is 1. The highest BCUT2D eigenvalue weighted by Gasteiger charge is 2.22. The van der Waals surface area contributed by atoms with Crippen LogP contribution in [0.3, 0.4) is 0 Å². The second-order valence-corrected chi connectivity index (χ2v) is 5.01. The number of rotatable bonds is 4. The van der Waals surface area contributed by atoms with Gasteiger partial charge in [0.2, 0.25) is 0 Å². The van der Waals surface area contributed by atoms with Gasteiger partial charge in [-0.1, -0.05) is 6.07 Å². The van der Waals surface area contributed by atoms with E-state index in [-0.39, 0.29) is 22.8 Å². The van der Waals surface area contributed by atoms with Crippen LogP contribution in [0.25, 0.3) is 5.65 Å². The fourth-order valence-electron chi connectivity index (χ4n) is 2.18. The van der Waals surface area contributed by atoms with Crippen molar-refractivity contribution in [3.63, 3.8) is 0 Å². The van der Waals surface area contributed by atoms with Crippen LogP contribution in [0.4, 0.5) is 23.2 Å². The lowest BCUT2D eigenvalue weighted by Crippen LogP contribution is -2.13. The van der Waals surface area contributed by atoms with E-state index in [1.807, 2.05) is 0 Å². The lowest BCUT2D eigenvalue weighted by Gasteiger charge is -2.06. The fraction of sp³-hybridized carbons (Fsp3) is 0.133. The van der Waals surface area contributed by atoms with E-state index in [9.17, 15) is 27.5 Å². The molecule has 0 aliphatic rings. The summed E-state index contributed by atoms with van der Waals surface area (Å²) in [5.41, 5.74) is -1.96. The lowest BCUT2D eigenvalue weighted by atomic mass is 10.3. The standard InChI is InChI=1S/C15H10F4N4O2/c16-13(17)9-5-11(14(18)19)23-12(21-9)6-10(22-23)15(25)20-7-2-1-3-8(24)4-7/h1-6,13-14,24H,(H,20,25). The third-order valence-corrected chi connectivity index (χ3v) is 3.26. The van der Waals surface area contributed by atoms with E-state index in [0.717, 1.165) is 6.07 Å². The van der Waals surface area contributed by atoms with Gasteiger partial charge >= 0.3 is 0 Å². The topological polar surface area (TPSA) is 79.5 Å². The van der Waals surface area contributed by atoms with Gasteiger partial charge < -0.3 is 10.4 Å². The van der Waals surface area contributed by atoms with Crippen LogP contribution in [-0.4, -0.2) is 25.6 Å². The van der Waals surface area contributed by atoms with E-state index in [1.165, 1.54) is 24.3 Å². The smallest absolute Gasteiger partial charge is 0.280 e. The maximum atomic E-state index is 13.1. The Morgan fingerprint density at radius 3 is 2.52 bits per heavy atom. The molecule has 1 amide bonds. The molecule has 0 unspecified atom stereocenters. The van der Waals surface area contributed by atoms with Crippen LogP contribution in [-0.2, 0) is 0 Å². The number of carbonyl (C=O) groups is 1. The summed E-state index contributed by atoms with van der Waals surface area (Å²) in [4.78, 5) is 15.7. The molecule has 6 nitrogen and oxygen atoms in total. The monoisotopic (exact) mass is 354 g/mol. The molecule has 10 heteroatoms. The zero-order valence-corrected chi connectivity index (χ0v) is 12.3. The summed E-state index contributed by atoms with van der Waals surface area (Å²) in [5.74, 6) is -0.856. The van der Waals surface area contributed by atoms with Crippen LogP contribution in [0.1, 0.15) is 34.7 Å². The quantitative estimate of drug-likeness (QED) is 0.702. The summed E-state index contributed by atoms with van der Waals surface area (Å²) in [7, 11) is 0. The molecule has 2 aromatic heterocycles. The van der Waals surface area contributed by atoms with Crippen molar-refractivity contribution in [3.8, 4) is 5.75 Å². The first-order valence-electron chi connectivity index (χ1n) is 6.92. The number of hydrogen-bond donors (Lipinski definition) is 2. The molecule has 2 N–H and O–H groups in total. The number of phenols is 1. The average molecular weight is 354 g/mol. The van der Waals surface area contributed by atoms with Gasteiger partial charge in [-0.3, -0.25) is 4.79 Å². The number of benzene rings is 1. The van der Waals surface area contributed by atoms with Gasteiger partial charge in [0.15, 0.2) is 11.3 Å². The van der Waals surface area contributed by atoms with E-state index in [1.54, 1.807) is 0 Å². The van der Waals surface area contributed by atoms with Gasteiger partial charge in [0, 0.05) is 17.8 Å². The Kier molecular flexibility index (Phi) is 4.26. The molecular weight excluding hydrogens is 344 g/mol. The van der Waals surface area contributed by atoms with Crippen molar-refractivity contribution in [3.05, 3.63) is 53.5 Å². The second-order valence-electron chi connectivity index (χ2n) is 5.01. The Labute approximate surface area is 137 Å². The maximum Gasteiger partial charge on any atom is 0.280 e. The number of alkyl halides is 4. The van der Waals surface area contributed by atoms with Gasteiger partial charge in [0.05, 0.1) is 0 Å². The van der Waals surface area contributed by atoms with Crippen molar-refractivity contribution in [1.82, 2.24) is 14.6 Å². The Hall–Kier alpha value is -3.17. The van der Waals surface area contributed by atoms with E-state index in [0.29, 0.717) is 10.6 Å². The highest BCUT2D eigenvalue weighted by atomic mass is 19.3. The molecule has 0 fully saturated rings. The molecule has 0 aliphatic heterocycles. The second kappa shape index (κ2) is 6.38. The van der Waals surface area contributed by atoms with Gasteiger partial charge in [0.1, 0.15) is 17.1 Å². The van der Waals surface area contributed by atoms with E-state index in [4.69, 9.17) is 0 Å². The molecule has 2 heterocycles. The molecule has 0 aliphatic carbocycles. The summed E-state index contributed by atoms with van der Waals surface area (Å²) in [6, 6.07) is 7.21. The van der Waals surface area contributed by atoms with E-state index < -0.39 is 30.1 Å². The molecule has 25 heavy (non-hydrogen) atoms. The van der Waals surface area contributed by atoms with Gasteiger partial charge in [-0.05, 0) is 18.2 Å². The van der Waals surface area contributed by atoms with Crippen molar-refractivity contribution in [2.45, 2.75) is 12.9 Å². The summed E-state index contributed by atoms with van der Waals surface area (Å²) in [6.45, 7) is 0. The summed E-state index contributed by atoms with van der Waals surface area (Å²) >= 11 is 0. The Balaban J connectivity index is 2.00. The van der Waals surface area contributed by atoms with Gasteiger partial charge in [0.25, 0.3) is 18.8 Å². The number of aromatic hydroxyl groups is 1. The number of nitrogens with one attached hydrogen (secondary N) is 1. The zero-order chi connectivity index (χ0) is 18.1. The van der Waals surface area contributed by atoms with Crippen LogP contribution in [0.5, 0.6) is 5.75 Å². The van der Waals surface area contributed by atoms with E-state index >= 15 is 0 Å². The molecule has 130 valence electrons. The number of aromatic nitrogens is 3. The minimum absolute atomic E-state index is 0.0870. The van der Waals surface area contributed by atoms with Gasteiger partial charge in [-0.25, -0.2) is 27.1 Å². The molecule has 1 aromatic carbocycles. The first-order valence-corrected chi connectivity index (χ1v) is 6.92. The Bertz CT molecular complexity index is 942. The Morgan fingerprint density at radius 1 is 1.12 bits per heavy atom. The van der Waals surface area contributed by atoms with Crippen molar-refractivity contribution in [2.24, 2.45) is 0 Å². The normalized spacial score (nSPS) is 11.4. The van der Waals surface area contributed by atoms with Crippen LogP contribution in [0, 0.1) is 0 Å². The van der Waals surface area contributed by atoms with Crippen LogP contribution >= 0.6 is 0 Å². The molecule has 0 atom stereocenters. The molecule has 3 aromatic rings. The maximum absolute atomic E-state index is 13.1. The number of fused-ring (bicyclic) bond motifs is 1. The molecule has 0 saturated heterocycles. The molecule has 0 bridgehead atoms. The van der Waals surface area contributed by atoms with Crippen molar-refractivity contribution in [2.75, 3.05) is 5.32 Å². The largest absolute Gasteiger partial charge is 0.508 e. The van der Waals surface area contributed by atoms with E-state index in [2.05, 4.69) is 15.4 Å². The summed E-state index contributed by atoms with van der Waals surface area (Å²) in [6.07, 6.45) is -6.12. The number of nitrogens with zero attached hydrogens (tertiary/aromatic N) is 3. The number of hydrogen-bond acceptors (Lipinski definition) is 4. The molecular formula is C15H10F4N4O2. The average Bonchev–Trinajstić information content (AvgIpc) is 2.97. The number of amides is 1. The SMILES string of the molecule is O=C(Nc1cccc(O)c1)c1cc2nc(C(F)F)cc(C(F)F)n2n1. The minimum atomic E-state index is -3.08. The van der Waals surface area contributed by atoms with Crippen molar-refractivity contribution >= 4 is 17.2 Å². The first kappa shape index (κ1) is 16.7. The lowest BCUT2D eigenvalue weighted by molar-refractivity contribution is 0.102. The summed E-state index contributed by atoms with van der Waals surface area (Å²) in [5, 5.41) is 15.5. The minimum Gasteiger partial charge on any atom is -0.508 e. The van der Waals surface area contributed by atoms with Crippen LogP contribution in [0.15, 0.2) is 36.4 Å². The highest BCUT2D eigenvalue weighted by Crippen LogP contribution is 2.25. The molecule has 0 spiro atoms. The molecule has 0 saturated carbocycles. The molecule has 3 rings (SSSR count). The van der Waals surface area contributed by atoms with Gasteiger partial charge in [-0.15, -0.1) is 0 Å². The predicted molar refractivity (Wildman–Crippen MR) is 79.0 cm³/mol. The number of phenolic OH excluding ortho intramolecular Hbond substituents is 1. The fourth-order valence-corrected chi connectivity index (χ4v) is 2.18. The van der Waals surface area contributed by atoms with Gasteiger partial charge in [-0.2, -0.15) is 5.10 Å². The van der Waals surface area contributed by atoms with Crippen molar-refractivity contribution in [1.29, 1.82) is 0 Å². The predicted octanol–water partition coefficient (Wildman–Crippen LogP) is 3.56. The first-order chi connectivity index (χ1) is 11.8. The number of halogens is 4. The highest BCUT2D eigenvalue weighted by molar-refractivity contribution is 6.03. The van der Waals surface area contributed by atoms with Crippen molar-refractivity contribution < 1.29 is 27.5 Å². The van der Waals surface area contributed by atoms with Crippen LogP contribution in [0.2, 0.25) is 0 Å².